The number of non-ortho nitro benzene ring substituents is 1. The van der Waals surface area contributed by atoms with Crippen LogP contribution in [0, 0.1) is 16.2 Å². The number of nitrogens with zero attached hydrogens (tertiary/aromatic N) is 1. The topological polar surface area (TPSA) is 52.4 Å². The van der Waals surface area contributed by atoms with E-state index < -0.39 is 4.92 Å². The smallest absolute Gasteiger partial charge is 0.281 e. The second kappa shape index (κ2) is 3.01. The van der Waals surface area contributed by atoms with Gasteiger partial charge in [-0.3, -0.25) is 10.1 Å². The first-order valence-corrected chi connectivity index (χ1v) is 2.95. The van der Waals surface area contributed by atoms with E-state index in [-0.39, 0.29) is 5.69 Å². The minimum atomic E-state index is -0.511. The minimum Gasteiger partial charge on any atom is -0.496 e. The number of nitro groups is 1. The predicted molar refractivity (Wildman–Crippen MR) is 38.5 cm³/mol. The highest BCUT2D eigenvalue weighted by Gasteiger charge is 2.05. The van der Waals surface area contributed by atoms with Gasteiger partial charge >= 0.3 is 0 Å². The third-order valence-corrected chi connectivity index (χ3v) is 1.17. The van der Waals surface area contributed by atoms with Crippen LogP contribution in [-0.2, 0) is 0 Å². The molecule has 1 radical (unpaired) electrons. The van der Waals surface area contributed by atoms with Crippen LogP contribution in [0.4, 0.5) is 5.69 Å². The van der Waals surface area contributed by atoms with Crippen LogP contribution >= 0.6 is 0 Å². The molecule has 57 valence electrons. The first-order valence-electron chi connectivity index (χ1n) is 2.95. The SMILES string of the molecule is COc1[c]c([N+](=O)[O-])ccc1. The fraction of sp³-hybridized carbons (Fsp3) is 0.143. The fourth-order valence-corrected chi connectivity index (χ4v) is 0.662. The van der Waals surface area contributed by atoms with Crippen molar-refractivity contribution in [1.29, 1.82) is 0 Å². The summed E-state index contributed by atoms with van der Waals surface area (Å²) in [5.74, 6) is 0.374. The molecule has 0 aliphatic rings. The van der Waals surface area contributed by atoms with E-state index in [9.17, 15) is 10.1 Å². The van der Waals surface area contributed by atoms with Crippen LogP contribution in [0.2, 0.25) is 0 Å². The van der Waals surface area contributed by atoms with Crippen molar-refractivity contribution in [3.05, 3.63) is 34.4 Å². The Hall–Kier alpha value is -1.58. The Bertz CT molecular complexity index is 272. The van der Waals surface area contributed by atoms with Crippen molar-refractivity contribution in [2.24, 2.45) is 0 Å². The number of hydrogen-bond acceptors (Lipinski definition) is 3. The molecule has 4 nitrogen and oxygen atoms in total. The molecule has 4 heteroatoms. The highest BCUT2D eigenvalue weighted by atomic mass is 16.6. The van der Waals surface area contributed by atoms with E-state index in [2.05, 4.69) is 6.07 Å². The summed E-state index contributed by atoms with van der Waals surface area (Å²) in [5, 5.41) is 10.2. The van der Waals surface area contributed by atoms with Gasteiger partial charge in [-0.05, 0) is 6.07 Å². The maximum atomic E-state index is 10.2. The molecule has 0 unspecified atom stereocenters. The summed E-state index contributed by atoms with van der Waals surface area (Å²) in [4.78, 5) is 9.68. The van der Waals surface area contributed by atoms with Gasteiger partial charge in [-0.15, -0.1) is 0 Å². The Kier molecular flexibility index (Phi) is 2.06. The van der Waals surface area contributed by atoms with Crippen LogP contribution in [0.25, 0.3) is 0 Å². The van der Waals surface area contributed by atoms with E-state index in [0.717, 1.165) is 0 Å². The summed E-state index contributed by atoms with van der Waals surface area (Å²) in [6.45, 7) is 0. The number of methoxy groups -OCH3 is 1. The van der Waals surface area contributed by atoms with Crippen LogP contribution in [-0.4, -0.2) is 12.0 Å². The van der Waals surface area contributed by atoms with Crippen molar-refractivity contribution >= 4 is 5.69 Å². The molecule has 1 rings (SSSR count). The standard InChI is InChI=1S/C7H6NO3/c1-11-7-4-2-3-6(5-7)8(9)10/h2-4H,1H3. The van der Waals surface area contributed by atoms with E-state index in [0.29, 0.717) is 5.75 Å². The van der Waals surface area contributed by atoms with E-state index in [4.69, 9.17) is 4.74 Å². The molecule has 0 aliphatic heterocycles. The van der Waals surface area contributed by atoms with Crippen LogP contribution < -0.4 is 4.74 Å². The van der Waals surface area contributed by atoms with Gasteiger partial charge < -0.3 is 4.74 Å². The van der Waals surface area contributed by atoms with Crippen LogP contribution in [0.1, 0.15) is 0 Å². The van der Waals surface area contributed by atoms with Gasteiger partial charge in [-0.25, -0.2) is 0 Å². The average molecular weight is 152 g/mol. The van der Waals surface area contributed by atoms with Gasteiger partial charge in [0, 0.05) is 6.07 Å². The summed E-state index contributed by atoms with van der Waals surface area (Å²) in [7, 11) is 1.44. The largest absolute Gasteiger partial charge is 0.496 e. The average Bonchev–Trinajstić information content (AvgIpc) is 2.05. The van der Waals surface area contributed by atoms with E-state index >= 15 is 0 Å². The number of ether oxygens (including phenoxy) is 1. The van der Waals surface area contributed by atoms with Gasteiger partial charge in [-0.2, -0.15) is 0 Å². The molecule has 0 N–H and O–H groups in total. The third-order valence-electron chi connectivity index (χ3n) is 1.17. The lowest BCUT2D eigenvalue weighted by Gasteiger charge is -1.95. The van der Waals surface area contributed by atoms with Crippen molar-refractivity contribution in [3.8, 4) is 5.75 Å². The fourth-order valence-electron chi connectivity index (χ4n) is 0.662. The molecule has 1 aromatic rings. The molecular weight excluding hydrogens is 146 g/mol. The number of hydrogen-bond donors (Lipinski definition) is 0. The predicted octanol–water partition coefficient (Wildman–Crippen LogP) is 1.40. The van der Waals surface area contributed by atoms with E-state index in [1.165, 1.54) is 13.2 Å². The number of rotatable bonds is 2. The Morgan fingerprint density at radius 1 is 1.64 bits per heavy atom. The molecule has 0 saturated heterocycles. The molecule has 0 atom stereocenters. The lowest BCUT2D eigenvalue weighted by Crippen LogP contribution is -1.89. The van der Waals surface area contributed by atoms with Gasteiger partial charge in [0.25, 0.3) is 5.69 Å². The van der Waals surface area contributed by atoms with Crippen LogP contribution in [0.3, 0.4) is 0 Å². The van der Waals surface area contributed by atoms with Crippen molar-refractivity contribution in [1.82, 2.24) is 0 Å². The monoisotopic (exact) mass is 152 g/mol. The molecule has 0 aromatic heterocycles. The molecule has 11 heavy (non-hydrogen) atoms. The van der Waals surface area contributed by atoms with E-state index in [1.54, 1.807) is 12.1 Å². The number of nitro benzene ring substituents is 1. The lowest BCUT2D eigenvalue weighted by atomic mass is 10.3. The van der Waals surface area contributed by atoms with Crippen LogP contribution in [0.5, 0.6) is 5.75 Å². The van der Waals surface area contributed by atoms with Crippen molar-refractivity contribution in [2.75, 3.05) is 7.11 Å². The molecule has 0 amide bonds. The molecule has 0 aliphatic carbocycles. The zero-order valence-corrected chi connectivity index (χ0v) is 5.90. The van der Waals surface area contributed by atoms with Gasteiger partial charge in [0.05, 0.1) is 12.0 Å². The molecule has 1 aromatic carbocycles. The summed E-state index contributed by atoms with van der Waals surface area (Å²) in [6, 6.07) is 6.99. The maximum absolute atomic E-state index is 10.2. The maximum Gasteiger partial charge on any atom is 0.281 e. The van der Waals surface area contributed by atoms with Gasteiger partial charge in [-0.1, -0.05) is 6.07 Å². The number of benzene rings is 1. The molecular formula is C7H6NO3. The first kappa shape index (κ1) is 7.53. The van der Waals surface area contributed by atoms with Gasteiger partial charge in [0.15, 0.2) is 0 Å². The summed E-state index contributed by atoms with van der Waals surface area (Å²) in [6.07, 6.45) is 0. The highest BCUT2D eigenvalue weighted by Crippen LogP contribution is 2.16. The van der Waals surface area contributed by atoms with Gasteiger partial charge in [0.1, 0.15) is 11.8 Å². The Morgan fingerprint density at radius 2 is 2.36 bits per heavy atom. The zero-order chi connectivity index (χ0) is 8.27. The van der Waals surface area contributed by atoms with Crippen molar-refractivity contribution in [2.45, 2.75) is 0 Å². The lowest BCUT2D eigenvalue weighted by molar-refractivity contribution is -0.385. The van der Waals surface area contributed by atoms with Crippen LogP contribution in [0.15, 0.2) is 18.2 Å². The normalized spacial score (nSPS) is 9.18. The molecule has 0 bridgehead atoms. The second-order valence-electron chi connectivity index (χ2n) is 1.86. The highest BCUT2D eigenvalue weighted by molar-refractivity contribution is 5.35. The summed E-state index contributed by atoms with van der Waals surface area (Å²) >= 11 is 0. The zero-order valence-electron chi connectivity index (χ0n) is 5.90. The third kappa shape index (κ3) is 1.67. The first-order chi connectivity index (χ1) is 5.24. The minimum absolute atomic E-state index is 0.0793. The molecule has 0 fully saturated rings. The Morgan fingerprint density at radius 3 is 2.91 bits per heavy atom. The Labute approximate surface area is 63.6 Å². The van der Waals surface area contributed by atoms with E-state index in [1.807, 2.05) is 0 Å². The van der Waals surface area contributed by atoms with Crippen molar-refractivity contribution < 1.29 is 9.66 Å². The quantitative estimate of drug-likeness (QED) is 0.475. The van der Waals surface area contributed by atoms with Crippen molar-refractivity contribution in [3.63, 3.8) is 0 Å². The molecule has 0 spiro atoms. The Balaban J connectivity index is 3.01. The summed E-state index contributed by atoms with van der Waals surface area (Å²) in [5.41, 5.74) is -0.0793. The molecule has 0 heterocycles. The second-order valence-corrected chi connectivity index (χ2v) is 1.86. The summed E-state index contributed by atoms with van der Waals surface area (Å²) < 4.78 is 4.74. The van der Waals surface area contributed by atoms with Gasteiger partial charge in [0.2, 0.25) is 0 Å². The molecule has 0 saturated carbocycles.